The van der Waals surface area contributed by atoms with Crippen molar-refractivity contribution in [3.8, 4) is 11.8 Å². The van der Waals surface area contributed by atoms with Crippen LogP contribution < -0.4 is 10.1 Å². The van der Waals surface area contributed by atoms with E-state index in [1.165, 1.54) is 18.2 Å². The number of alkyl halides is 2. The van der Waals surface area contributed by atoms with Crippen molar-refractivity contribution in [2.24, 2.45) is 0 Å². The number of carbonyl (C=O) groups excluding carboxylic acids is 1. The summed E-state index contributed by atoms with van der Waals surface area (Å²) >= 11 is 0. The predicted octanol–water partition coefficient (Wildman–Crippen LogP) is 5.00. The largest absolute Gasteiger partial charge is 0.435 e. The molecule has 3 rings (SSSR count). The van der Waals surface area contributed by atoms with Crippen LogP contribution in [0.15, 0.2) is 72.8 Å². The van der Waals surface area contributed by atoms with Gasteiger partial charge in [-0.15, -0.1) is 0 Å². The summed E-state index contributed by atoms with van der Waals surface area (Å²) in [5.41, 5.74) is 2.59. The fourth-order valence-electron chi connectivity index (χ4n) is 2.76. The minimum Gasteiger partial charge on any atom is -0.435 e. The van der Waals surface area contributed by atoms with E-state index in [4.69, 9.17) is 5.26 Å². The van der Waals surface area contributed by atoms with Crippen LogP contribution in [0.4, 0.5) is 14.5 Å². The van der Waals surface area contributed by atoms with Gasteiger partial charge in [0.2, 0.25) is 0 Å². The molecule has 0 atom stereocenters. The Labute approximate surface area is 161 Å². The third-order valence-corrected chi connectivity index (χ3v) is 4.03. The monoisotopic (exact) mass is 378 g/mol. The van der Waals surface area contributed by atoms with Crippen LogP contribution in [0, 0.1) is 11.3 Å². The molecule has 1 N–H and O–H groups in total. The molecule has 0 aliphatic carbocycles. The van der Waals surface area contributed by atoms with Crippen LogP contribution in [-0.2, 0) is 6.42 Å². The van der Waals surface area contributed by atoms with Gasteiger partial charge in [-0.3, -0.25) is 4.79 Å². The molecule has 0 spiro atoms. The van der Waals surface area contributed by atoms with Gasteiger partial charge in [-0.25, -0.2) is 0 Å². The second kappa shape index (κ2) is 8.78. The van der Waals surface area contributed by atoms with Crippen molar-refractivity contribution < 1.29 is 18.3 Å². The van der Waals surface area contributed by atoms with Gasteiger partial charge in [-0.2, -0.15) is 14.0 Å². The van der Waals surface area contributed by atoms with Crippen molar-refractivity contribution in [1.29, 1.82) is 5.26 Å². The molecule has 0 radical (unpaired) electrons. The molecule has 0 bridgehead atoms. The lowest BCUT2D eigenvalue weighted by Gasteiger charge is -2.13. The Morgan fingerprint density at radius 1 is 1.04 bits per heavy atom. The van der Waals surface area contributed by atoms with Gasteiger partial charge in [0.05, 0.1) is 11.6 Å². The molecule has 6 heteroatoms. The summed E-state index contributed by atoms with van der Waals surface area (Å²) in [7, 11) is 0. The average molecular weight is 378 g/mol. The molecule has 1 amide bonds. The van der Waals surface area contributed by atoms with Crippen molar-refractivity contribution in [3.63, 3.8) is 0 Å². The SMILES string of the molecule is N#Cc1cccc(C(=O)Nc2ccc(OC(F)F)c(Cc3ccccc3)c2)c1. The van der Waals surface area contributed by atoms with E-state index in [1.807, 2.05) is 36.4 Å². The molecule has 0 unspecified atom stereocenters. The first-order valence-corrected chi connectivity index (χ1v) is 8.48. The molecule has 0 aliphatic rings. The fraction of sp³-hybridized carbons (Fsp3) is 0.0909. The topological polar surface area (TPSA) is 62.1 Å². The minimum atomic E-state index is -2.94. The molecule has 28 heavy (non-hydrogen) atoms. The van der Waals surface area contributed by atoms with Crippen LogP contribution in [0.3, 0.4) is 0 Å². The number of amides is 1. The van der Waals surface area contributed by atoms with Gasteiger partial charge in [-0.05, 0) is 42.0 Å². The molecular weight excluding hydrogens is 362 g/mol. The highest BCUT2D eigenvalue weighted by molar-refractivity contribution is 6.04. The molecule has 4 nitrogen and oxygen atoms in total. The minimum absolute atomic E-state index is 0.0586. The average Bonchev–Trinajstić information content (AvgIpc) is 2.70. The first-order valence-electron chi connectivity index (χ1n) is 8.48. The smallest absolute Gasteiger partial charge is 0.387 e. The second-order valence-electron chi connectivity index (χ2n) is 6.01. The van der Waals surface area contributed by atoms with Crippen LogP contribution in [0.5, 0.6) is 5.75 Å². The number of ether oxygens (including phenoxy) is 1. The lowest BCUT2D eigenvalue weighted by atomic mass is 10.0. The Bertz CT molecular complexity index is 1010. The first kappa shape index (κ1) is 19.1. The number of carbonyl (C=O) groups is 1. The number of hydrogen-bond acceptors (Lipinski definition) is 3. The van der Waals surface area contributed by atoms with Crippen LogP contribution in [-0.4, -0.2) is 12.5 Å². The van der Waals surface area contributed by atoms with Crippen molar-refractivity contribution >= 4 is 11.6 Å². The fourth-order valence-corrected chi connectivity index (χ4v) is 2.76. The van der Waals surface area contributed by atoms with Crippen molar-refractivity contribution in [2.75, 3.05) is 5.32 Å². The molecule has 0 saturated carbocycles. The predicted molar refractivity (Wildman–Crippen MR) is 101 cm³/mol. The molecular formula is C22H16F2N2O2. The quantitative estimate of drug-likeness (QED) is 0.656. The zero-order valence-corrected chi connectivity index (χ0v) is 14.7. The summed E-state index contributed by atoms with van der Waals surface area (Å²) in [5.74, 6) is -0.339. The third kappa shape index (κ3) is 4.92. The number of hydrogen-bond donors (Lipinski definition) is 1. The Kier molecular flexibility index (Phi) is 5.97. The normalized spacial score (nSPS) is 10.4. The zero-order valence-electron chi connectivity index (χ0n) is 14.7. The summed E-state index contributed by atoms with van der Waals surface area (Å²) < 4.78 is 30.1. The Morgan fingerprint density at radius 2 is 1.82 bits per heavy atom. The van der Waals surface area contributed by atoms with Gasteiger partial charge in [0.15, 0.2) is 0 Å². The maximum absolute atomic E-state index is 12.7. The van der Waals surface area contributed by atoms with Crippen LogP contribution in [0.1, 0.15) is 27.0 Å². The van der Waals surface area contributed by atoms with Crippen molar-refractivity contribution in [3.05, 3.63) is 95.1 Å². The standard InChI is InChI=1S/C22H16F2N2O2/c23-22(24)28-20-10-9-19(13-18(20)11-15-5-2-1-3-6-15)26-21(27)17-8-4-7-16(12-17)14-25/h1-10,12-13,22H,11H2,(H,26,27). The summed E-state index contributed by atoms with van der Waals surface area (Å²) in [6, 6.07) is 22.1. The number of benzene rings is 3. The van der Waals surface area contributed by atoms with E-state index in [0.717, 1.165) is 5.56 Å². The summed E-state index contributed by atoms with van der Waals surface area (Å²) in [5, 5.41) is 11.7. The van der Waals surface area contributed by atoms with E-state index < -0.39 is 12.5 Å². The van der Waals surface area contributed by atoms with Gasteiger partial charge >= 0.3 is 6.61 Å². The number of nitrogens with zero attached hydrogens (tertiary/aromatic N) is 1. The highest BCUT2D eigenvalue weighted by atomic mass is 19.3. The maximum Gasteiger partial charge on any atom is 0.387 e. The van der Waals surface area contributed by atoms with E-state index in [-0.39, 0.29) is 5.75 Å². The number of nitrogens with one attached hydrogen (secondary N) is 1. The van der Waals surface area contributed by atoms with Crippen LogP contribution >= 0.6 is 0 Å². The molecule has 3 aromatic carbocycles. The molecule has 0 fully saturated rings. The number of rotatable bonds is 6. The highest BCUT2D eigenvalue weighted by Gasteiger charge is 2.13. The Morgan fingerprint density at radius 3 is 2.54 bits per heavy atom. The lowest BCUT2D eigenvalue weighted by Crippen LogP contribution is -2.13. The summed E-state index contributed by atoms with van der Waals surface area (Å²) in [6.45, 7) is -2.94. The van der Waals surface area contributed by atoms with Gasteiger partial charge in [0.25, 0.3) is 5.91 Å². The molecule has 0 heterocycles. The van der Waals surface area contributed by atoms with Crippen molar-refractivity contribution in [2.45, 2.75) is 13.0 Å². The van der Waals surface area contributed by atoms with Gasteiger partial charge in [0, 0.05) is 23.2 Å². The van der Waals surface area contributed by atoms with Gasteiger partial charge in [0.1, 0.15) is 5.75 Å². The molecule has 0 aromatic heterocycles. The van der Waals surface area contributed by atoms with E-state index in [9.17, 15) is 13.6 Å². The maximum atomic E-state index is 12.7. The van der Waals surface area contributed by atoms with E-state index in [1.54, 1.807) is 24.3 Å². The van der Waals surface area contributed by atoms with Crippen LogP contribution in [0.25, 0.3) is 0 Å². The van der Waals surface area contributed by atoms with Gasteiger partial charge < -0.3 is 10.1 Å². The number of halogens is 2. The van der Waals surface area contributed by atoms with E-state index >= 15 is 0 Å². The third-order valence-electron chi connectivity index (χ3n) is 4.03. The highest BCUT2D eigenvalue weighted by Crippen LogP contribution is 2.27. The molecule has 0 aliphatic heterocycles. The van der Waals surface area contributed by atoms with Gasteiger partial charge in [-0.1, -0.05) is 36.4 Å². The number of anilines is 1. The number of nitriles is 1. The van der Waals surface area contributed by atoms with E-state index in [0.29, 0.717) is 28.8 Å². The first-order chi connectivity index (χ1) is 13.5. The Balaban J connectivity index is 1.86. The van der Waals surface area contributed by atoms with Crippen molar-refractivity contribution in [1.82, 2.24) is 0 Å². The second-order valence-corrected chi connectivity index (χ2v) is 6.01. The summed E-state index contributed by atoms with van der Waals surface area (Å²) in [6.07, 6.45) is 0.372. The summed E-state index contributed by atoms with van der Waals surface area (Å²) in [4.78, 5) is 12.4. The Hall–Kier alpha value is -3.72. The van der Waals surface area contributed by atoms with E-state index in [2.05, 4.69) is 10.1 Å². The zero-order chi connectivity index (χ0) is 19.9. The molecule has 0 saturated heterocycles. The molecule has 140 valence electrons. The molecule has 3 aromatic rings. The van der Waals surface area contributed by atoms with Crippen LogP contribution in [0.2, 0.25) is 0 Å². The lowest BCUT2D eigenvalue weighted by molar-refractivity contribution is -0.0503.